The molecule has 0 spiro atoms. The number of ether oxygens (including phenoxy) is 1. The van der Waals surface area contributed by atoms with Gasteiger partial charge in [0.05, 0.1) is 12.7 Å². The molecule has 0 saturated heterocycles. The van der Waals surface area contributed by atoms with Crippen LogP contribution >= 0.6 is 11.8 Å². The molecule has 2 heterocycles. The average Bonchev–Trinajstić information content (AvgIpc) is 3.19. The molecule has 1 amide bonds. The van der Waals surface area contributed by atoms with Gasteiger partial charge in [0.2, 0.25) is 11.1 Å². The van der Waals surface area contributed by atoms with Crippen LogP contribution in [0.15, 0.2) is 71.0 Å². The van der Waals surface area contributed by atoms with E-state index in [2.05, 4.69) is 22.5 Å². The number of rotatable bonds is 7. The van der Waals surface area contributed by atoms with E-state index < -0.39 is 6.04 Å². The van der Waals surface area contributed by atoms with Crippen molar-refractivity contribution >= 4 is 29.3 Å². The number of thioether (sulfide) groups is 1. The number of nitrogens with one attached hydrogen (secondary N) is 2. The molecule has 3 aromatic rings. The van der Waals surface area contributed by atoms with E-state index in [1.54, 1.807) is 23.6 Å². The Bertz CT molecular complexity index is 1110. The third-order valence-electron chi connectivity index (χ3n) is 4.98. The second kappa shape index (κ2) is 9.26. The first kappa shape index (κ1) is 21.0. The topological polar surface area (TPSA) is 81.1 Å². The van der Waals surface area contributed by atoms with Crippen molar-refractivity contribution in [1.29, 1.82) is 0 Å². The molecule has 8 heteroatoms. The summed E-state index contributed by atoms with van der Waals surface area (Å²) < 4.78 is 7.41. The molecule has 0 radical (unpaired) electrons. The largest absolute Gasteiger partial charge is 0.496 e. The summed E-state index contributed by atoms with van der Waals surface area (Å²) in [6.45, 7) is 4.01. The number of aromatic nitrogens is 3. The number of nitrogens with zero attached hydrogens (tertiary/aromatic N) is 3. The number of allylic oxidation sites excluding steroid dienone is 1. The predicted molar refractivity (Wildman–Crippen MR) is 124 cm³/mol. The Hall–Kier alpha value is -3.26. The van der Waals surface area contributed by atoms with Gasteiger partial charge in [-0.15, -0.1) is 5.10 Å². The molecule has 160 valence electrons. The molecule has 0 bridgehead atoms. The van der Waals surface area contributed by atoms with Gasteiger partial charge in [-0.05, 0) is 31.5 Å². The van der Waals surface area contributed by atoms with Crippen molar-refractivity contribution in [2.45, 2.75) is 31.5 Å². The number of hydrogen-bond donors (Lipinski definition) is 2. The lowest BCUT2D eigenvalue weighted by Gasteiger charge is -2.29. The lowest BCUT2D eigenvalue weighted by molar-refractivity contribution is -0.113. The first-order valence-corrected chi connectivity index (χ1v) is 11.2. The van der Waals surface area contributed by atoms with E-state index >= 15 is 0 Å². The van der Waals surface area contributed by atoms with Crippen LogP contribution in [0, 0.1) is 0 Å². The highest BCUT2D eigenvalue weighted by molar-refractivity contribution is 7.99. The number of fused-ring (bicyclic) bond motifs is 1. The minimum absolute atomic E-state index is 0.198. The fourth-order valence-electron chi connectivity index (χ4n) is 3.58. The molecule has 1 aliphatic rings. The molecule has 1 aliphatic heterocycles. The Morgan fingerprint density at radius 3 is 2.68 bits per heavy atom. The van der Waals surface area contributed by atoms with Gasteiger partial charge in [-0.1, -0.05) is 55.1 Å². The van der Waals surface area contributed by atoms with E-state index in [1.807, 2.05) is 61.5 Å². The van der Waals surface area contributed by atoms with Crippen LogP contribution in [0.5, 0.6) is 5.75 Å². The number of para-hydroxylation sites is 2. The summed E-state index contributed by atoms with van der Waals surface area (Å²) >= 11 is 1.60. The summed E-state index contributed by atoms with van der Waals surface area (Å²) in [6, 6.07) is 16.6. The summed E-state index contributed by atoms with van der Waals surface area (Å²) in [5.41, 5.74) is 2.88. The second-order valence-corrected chi connectivity index (χ2v) is 8.20. The standard InChI is InChI=1S/C23H25N5O2S/c1-4-14-31-23-26-22-24-15(2)19(21(29)25-16-10-6-5-7-11-16)20(28(22)27-23)17-12-8-9-13-18(17)30-3/h5-13,20H,4,14H2,1-3H3,(H,25,29)(H,24,26,27). The van der Waals surface area contributed by atoms with Gasteiger partial charge in [-0.25, -0.2) is 4.68 Å². The van der Waals surface area contributed by atoms with Crippen LogP contribution in [-0.2, 0) is 4.79 Å². The first-order valence-electron chi connectivity index (χ1n) is 10.2. The van der Waals surface area contributed by atoms with Gasteiger partial charge < -0.3 is 15.4 Å². The SMILES string of the molecule is CCCSc1nc2n(n1)C(c1ccccc1OC)C(C(=O)Nc1ccccc1)=C(C)N2. The highest BCUT2D eigenvalue weighted by Gasteiger charge is 2.35. The van der Waals surface area contributed by atoms with Gasteiger partial charge in [-0.3, -0.25) is 4.79 Å². The number of amides is 1. The van der Waals surface area contributed by atoms with E-state index in [0.29, 0.717) is 22.4 Å². The van der Waals surface area contributed by atoms with E-state index in [4.69, 9.17) is 9.84 Å². The molecule has 0 saturated carbocycles. The summed E-state index contributed by atoms with van der Waals surface area (Å²) in [6.07, 6.45) is 1.03. The van der Waals surface area contributed by atoms with E-state index in [0.717, 1.165) is 29.1 Å². The summed E-state index contributed by atoms with van der Waals surface area (Å²) in [5, 5.41) is 11.7. The fourth-order valence-corrected chi connectivity index (χ4v) is 4.26. The maximum Gasteiger partial charge on any atom is 0.255 e. The van der Waals surface area contributed by atoms with Crippen LogP contribution in [0.4, 0.5) is 11.6 Å². The lowest BCUT2D eigenvalue weighted by atomic mass is 9.94. The molecular formula is C23H25N5O2S. The molecule has 1 unspecified atom stereocenters. The highest BCUT2D eigenvalue weighted by atomic mass is 32.2. The monoisotopic (exact) mass is 435 g/mol. The van der Waals surface area contributed by atoms with Crippen molar-refractivity contribution in [3.8, 4) is 5.75 Å². The molecule has 2 aromatic carbocycles. The predicted octanol–water partition coefficient (Wildman–Crippen LogP) is 4.72. The van der Waals surface area contributed by atoms with E-state index in [-0.39, 0.29) is 5.91 Å². The Morgan fingerprint density at radius 2 is 1.94 bits per heavy atom. The van der Waals surface area contributed by atoms with Crippen molar-refractivity contribution in [3.63, 3.8) is 0 Å². The maximum atomic E-state index is 13.4. The zero-order valence-electron chi connectivity index (χ0n) is 17.8. The molecule has 0 fully saturated rings. The van der Waals surface area contributed by atoms with Gasteiger partial charge in [-0.2, -0.15) is 4.98 Å². The van der Waals surface area contributed by atoms with Crippen molar-refractivity contribution in [2.24, 2.45) is 0 Å². The molecule has 2 N–H and O–H groups in total. The Labute approximate surface area is 185 Å². The molecule has 4 rings (SSSR count). The lowest BCUT2D eigenvalue weighted by Crippen LogP contribution is -2.31. The smallest absolute Gasteiger partial charge is 0.255 e. The molecule has 7 nitrogen and oxygen atoms in total. The summed E-state index contributed by atoms with van der Waals surface area (Å²) in [5.74, 6) is 2.03. The fraction of sp³-hybridized carbons (Fsp3) is 0.261. The minimum Gasteiger partial charge on any atom is -0.496 e. The van der Waals surface area contributed by atoms with E-state index in [1.165, 1.54) is 0 Å². The zero-order chi connectivity index (χ0) is 21.8. The average molecular weight is 436 g/mol. The molecular weight excluding hydrogens is 410 g/mol. The molecule has 31 heavy (non-hydrogen) atoms. The molecule has 1 aromatic heterocycles. The third-order valence-corrected chi connectivity index (χ3v) is 6.02. The van der Waals surface area contributed by atoms with Crippen LogP contribution in [0.2, 0.25) is 0 Å². The Kier molecular flexibility index (Phi) is 6.27. The van der Waals surface area contributed by atoms with Crippen LogP contribution in [0.25, 0.3) is 0 Å². The van der Waals surface area contributed by atoms with Crippen LogP contribution < -0.4 is 15.4 Å². The second-order valence-electron chi connectivity index (χ2n) is 7.14. The van der Waals surface area contributed by atoms with Crippen LogP contribution in [-0.4, -0.2) is 33.5 Å². The Morgan fingerprint density at radius 1 is 1.19 bits per heavy atom. The van der Waals surface area contributed by atoms with Gasteiger partial charge in [0.1, 0.15) is 11.8 Å². The van der Waals surface area contributed by atoms with Gasteiger partial charge in [0.25, 0.3) is 5.91 Å². The van der Waals surface area contributed by atoms with Crippen LogP contribution in [0.3, 0.4) is 0 Å². The summed E-state index contributed by atoms with van der Waals surface area (Å²) in [7, 11) is 1.63. The number of benzene rings is 2. The van der Waals surface area contributed by atoms with Gasteiger partial charge in [0, 0.05) is 22.7 Å². The Balaban J connectivity index is 1.80. The number of carbonyl (C=O) groups is 1. The highest BCUT2D eigenvalue weighted by Crippen LogP contribution is 2.40. The molecule has 0 aliphatic carbocycles. The number of hydrogen-bond acceptors (Lipinski definition) is 6. The van der Waals surface area contributed by atoms with Crippen LogP contribution in [0.1, 0.15) is 31.9 Å². The number of anilines is 2. The normalized spacial score (nSPS) is 15.3. The summed E-state index contributed by atoms with van der Waals surface area (Å²) in [4.78, 5) is 18.1. The molecule has 1 atom stereocenters. The number of methoxy groups -OCH3 is 1. The first-order chi connectivity index (χ1) is 15.1. The maximum absolute atomic E-state index is 13.4. The van der Waals surface area contributed by atoms with Gasteiger partial charge in [0.15, 0.2) is 0 Å². The van der Waals surface area contributed by atoms with E-state index in [9.17, 15) is 4.79 Å². The van der Waals surface area contributed by atoms with Crippen molar-refractivity contribution in [3.05, 3.63) is 71.4 Å². The number of carbonyl (C=O) groups excluding carboxylic acids is 1. The third kappa shape index (κ3) is 4.29. The van der Waals surface area contributed by atoms with Gasteiger partial charge >= 0.3 is 0 Å². The van der Waals surface area contributed by atoms with Crippen molar-refractivity contribution in [2.75, 3.05) is 23.5 Å². The minimum atomic E-state index is -0.473. The quantitative estimate of drug-likeness (QED) is 0.523. The van der Waals surface area contributed by atoms with Crippen molar-refractivity contribution < 1.29 is 9.53 Å². The van der Waals surface area contributed by atoms with Crippen molar-refractivity contribution in [1.82, 2.24) is 14.8 Å². The zero-order valence-corrected chi connectivity index (χ0v) is 18.6.